The maximum atomic E-state index is 4.64. The molecule has 2 aromatic rings. The van der Waals surface area contributed by atoms with Crippen molar-refractivity contribution in [2.24, 2.45) is 0 Å². The second-order valence-electron chi connectivity index (χ2n) is 4.03. The van der Waals surface area contributed by atoms with Crippen molar-refractivity contribution >= 4 is 21.4 Å². The SMILES string of the molecule is CNc1nn2cc(C3CCCC3)nc2s1. The quantitative estimate of drug-likeness (QED) is 0.848. The van der Waals surface area contributed by atoms with Gasteiger partial charge in [0.05, 0.1) is 11.9 Å². The summed E-state index contributed by atoms with van der Waals surface area (Å²) in [6, 6.07) is 0. The van der Waals surface area contributed by atoms with Crippen molar-refractivity contribution in [1.82, 2.24) is 14.6 Å². The largest absolute Gasteiger partial charge is 0.363 e. The minimum Gasteiger partial charge on any atom is -0.363 e. The average Bonchev–Trinajstić information content (AvgIpc) is 2.91. The fraction of sp³-hybridized carbons (Fsp3) is 0.600. The van der Waals surface area contributed by atoms with Crippen LogP contribution in [0.4, 0.5) is 5.13 Å². The Kier molecular flexibility index (Phi) is 2.12. The van der Waals surface area contributed by atoms with Gasteiger partial charge in [-0.25, -0.2) is 9.50 Å². The number of hydrogen-bond acceptors (Lipinski definition) is 4. The number of rotatable bonds is 2. The zero-order valence-electron chi connectivity index (χ0n) is 8.73. The molecule has 0 atom stereocenters. The van der Waals surface area contributed by atoms with Crippen molar-refractivity contribution < 1.29 is 0 Å². The van der Waals surface area contributed by atoms with Gasteiger partial charge < -0.3 is 5.32 Å². The maximum Gasteiger partial charge on any atom is 0.214 e. The minimum absolute atomic E-state index is 0.678. The molecular weight excluding hydrogens is 208 g/mol. The molecule has 1 saturated carbocycles. The van der Waals surface area contributed by atoms with Gasteiger partial charge in [0.15, 0.2) is 0 Å². The lowest BCUT2D eigenvalue weighted by Gasteiger charge is -2.02. The first-order valence-corrected chi connectivity index (χ1v) is 6.22. The summed E-state index contributed by atoms with van der Waals surface area (Å²) in [4.78, 5) is 5.64. The Morgan fingerprint density at radius 1 is 1.47 bits per heavy atom. The van der Waals surface area contributed by atoms with Gasteiger partial charge in [-0.15, -0.1) is 5.10 Å². The van der Waals surface area contributed by atoms with Crippen LogP contribution in [-0.4, -0.2) is 21.6 Å². The first-order chi connectivity index (χ1) is 7.36. The second-order valence-corrected chi connectivity index (χ2v) is 4.99. The van der Waals surface area contributed by atoms with Gasteiger partial charge in [-0.2, -0.15) is 0 Å². The van der Waals surface area contributed by atoms with Crippen LogP contribution in [0.2, 0.25) is 0 Å². The van der Waals surface area contributed by atoms with Gasteiger partial charge >= 0.3 is 0 Å². The molecule has 0 aromatic carbocycles. The number of hydrogen-bond donors (Lipinski definition) is 1. The van der Waals surface area contributed by atoms with E-state index in [9.17, 15) is 0 Å². The van der Waals surface area contributed by atoms with Crippen LogP contribution in [0.5, 0.6) is 0 Å². The van der Waals surface area contributed by atoms with E-state index in [0.29, 0.717) is 5.92 Å². The van der Waals surface area contributed by atoms with Crippen LogP contribution < -0.4 is 5.32 Å². The highest BCUT2D eigenvalue weighted by atomic mass is 32.1. The monoisotopic (exact) mass is 222 g/mol. The van der Waals surface area contributed by atoms with Crippen LogP contribution in [0.25, 0.3) is 4.96 Å². The van der Waals surface area contributed by atoms with Crippen LogP contribution in [0, 0.1) is 0 Å². The number of imidazole rings is 1. The van der Waals surface area contributed by atoms with Gasteiger partial charge in [-0.1, -0.05) is 24.2 Å². The van der Waals surface area contributed by atoms with E-state index >= 15 is 0 Å². The van der Waals surface area contributed by atoms with Gasteiger partial charge in [0.25, 0.3) is 0 Å². The molecule has 0 aliphatic heterocycles. The Balaban J connectivity index is 1.96. The molecule has 0 spiro atoms. The normalized spacial score (nSPS) is 17.7. The Labute approximate surface area is 92.3 Å². The summed E-state index contributed by atoms with van der Waals surface area (Å²) in [7, 11) is 1.89. The molecule has 4 nitrogen and oxygen atoms in total. The van der Waals surface area contributed by atoms with E-state index in [-0.39, 0.29) is 0 Å². The van der Waals surface area contributed by atoms with Gasteiger partial charge in [0.1, 0.15) is 0 Å². The molecule has 1 fully saturated rings. The van der Waals surface area contributed by atoms with E-state index in [1.807, 2.05) is 11.6 Å². The highest BCUT2D eigenvalue weighted by Crippen LogP contribution is 2.34. The lowest BCUT2D eigenvalue weighted by atomic mass is 10.1. The first kappa shape index (κ1) is 9.15. The third-order valence-electron chi connectivity index (χ3n) is 3.05. The zero-order valence-corrected chi connectivity index (χ0v) is 9.55. The van der Waals surface area contributed by atoms with E-state index in [1.165, 1.54) is 31.4 Å². The third kappa shape index (κ3) is 1.51. The summed E-state index contributed by atoms with van der Waals surface area (Å²) >= 11 is 1.61. The summed E-state index contributed by atoms with van der Waals surface area (Å²) in [5.41, 5.74) is 1.23. The van der Waals surface area contributed by atoms with E-state index < -0.39 is 0 Å². The van der Waals surface area contributed by atoms with Crippen LogP contribution >= 0.6 is 11.3 Å². The third-order valence-corrected chi connectivity index (χ3v) is 3.99. The molecule has 0 bridgehead atoms. The molecule has 1 N–H and O–H groups in total. The van der Waals surface area contributed by atoms with Crippen LogP contribution in [0.3, 0.4) is 0 Å². The summed E-state index contributed by atoms with van der Waals surface area (Å²) in [5, 5.41) is 8.35. The Bertz CT molecular complexity index is 435. The van der Waals surface area contributed by atoms with E-state index in [2.05, 4.69) is 21.6 Å². The Morgan fingerprint density at radius 2 is 2.27 bits per heavy atom. The minimum atomic E-state index is 0.678. The van der Waals surface area contributed by atoms with Crippen LogP contribution in [-0.2, 0) is 0 Å². The second kappa shape index (κ2) is 3.48. The van der Waals surface area contributed by atoms with Crippen molar-refractivity contribution in [2.75, 3.05) is 12.4 Å². The fourth-order valence-electron chi connectivity index (χ4n) is 2.24. The highest BCUT2D eigenvalue weighted by molar-refractivity contribution is 7.20. The average molecular weight is 222 g/mol. The standard InChI is InChI=1S/C10H14N4S/c1-11-9-13-14-6-8(12-10(14)15-9)7-4-2-3-5-7/h6-7H,2-5H2,1H3,(H,11,13). The summed E-state index contributed by atoms with van der Waals surface area (Å²) in [6.07, 6.45) is 7.38. The molecule has 2 aromatic heterocycles. The van der Waals surface area contributed by atoms with E-state index in [4.69, 9.17) is 0 Å². The number of nitrogens with one attached hydrogen (secondary N) is 1. The number of aromatic nitrogens is 3. The lowest BCUT2D eigenvalue weighted by Crippen LogP contribution is -1.92. The molecule has 0 amide bonds. The fourth-order valence-corrected chi connectivity index (χ4v) is 2.98. The molecule has 80 valence electrons. The Hall–Kier alpha value is -1.10. The van der Waals surface area contributed by atoms with Crippen LogP contribution in [0.15, 0.2) is 6.20 Å². The smallest absolute Gasteiger partial charge is 0.214 e. The molecule has 5 heteroatoms. The predicted molar refractivity (Wildman–Crippen MR) is 61.6 cm³/mol. The molecule has 0 saturated heterocycles. The molecular formula is C10H14N4S. The summed E-state index contributed by atoms with van der Waals surface area (Å²) < 4.78 is 1.89. The number of anilines is 1. The molecule has 0 unspecified atom stereocenters. The van der Waals surface area contributed by atoms with Crippen molar-refractivity contribution in [2.45, 2.75) is 31.6 Å². The van der Waals surface area contributed by atoms with Gasteiger partial charge in [-0.05, 0) is 12.8 Å². The molecule has 2 heterocycles. The molecule has 15 heavy (non-hydrogen) atoms. The Morgan fingerprint density at radius 3 is 2.93 bits per heavy atom. The predicted octanol–water partition coefficient (Wildman–Crippen LogP) is 2.49. The van der Waals surface area contributed by atoms with E-state index in [0.717, 1.165) is 10.1 Å². The van der Waals surface area contributed by atoms with Gasteiger partial charge in [0.2, 0.25) is 10.1 Å². The number of nitrogens with zero attached hydrogens (tertiary/aromatic N) is 3. The number of fused-ring (bicyclic) bond motifs is 1. The molecule has 3 rings (SSSR count). The van der Waals surface area contributed by atoms with Gasteiger partial charge in [-0.3, -0.25) is 0 Å². The molecule has 1 aliphatic rings. The molecule has 0 radical (unpaired) electrons. The maximum absolute atomic E-state index is 4.64. The van der Waals surface area contributed by atoms with Crippen molar-refractivity contribution in [3.05, 3.63) is 11.9 Å². The van der Waals surface area contributed by atoms with Crippen molar-refractivity contribution in [3.63, 3.8) is 0 Å². The summed E-state index contributed by atoms with van der Waals surface area (Å²) in [5.74, 6) is 0.678. The lowest BCUT2D eigenvalue weighted by molar-refractivity contribution is 0.702. The highest BCUT2D eigenvalue weighted by Gasteiger charge is 2.20. The first-order valence-electron chi connectivity index (χ1n) is 5.40. The topological polar surface area (TPSA) is 42.2 Å². The van der Waals surface area contributed by atoms with E-state index in [1.54, 1.807) is 11.3 Å². The van der Waals surface area contributed by atoms with Gasteiger partial charge in [0, 0.05) is 13.0 Å². The zero-order chi connectivity index (χ0) is 10.3. The van der Waals surface area contributed by atoms with Crippen molar-refractivity contribution in [3.8, 4) is 0 Å². The molecule has 1 aliphatic carbocycles. The van der Waals surface area contributed by atoms with Crippen molar-refractivity contribution in [1.29, 1.82) is 0 Å². The summed E-state index contributed by atoms with van der Waals surface area (Å²) in [6.45, 7) is 0. The van der Waals surface area contributed by atoms with Crippen LogP contribution in [0.1, 0.15) is 37.3 Å².